The van der Waals surface area contributed by atoms with Crippen LogP contribution in [0.15, 0.2) is 41.6 Å². The summed E-state index contributed by atoms with van der Waals surface area (Å²) in [7, 11) is 0. The lowest BCUT2D eigenvalue weighted by atomic mass is 10.00. The number of nitriles is 1. The van der Waals surface area contributed by atoms with E-state index in [9.17, 15) is 14.0 Å². The molecule has 24 heavy (non-hydrogen) atoms. The van der Waals surface area contributed by atoms with Gasteiger partial charge in [-0.1, -0.05) is 6.42 Å². The predicted octanol–water partition coefficient (Wildman–Crippen LogP) is 4.80. The van der Waals surface area contributed by atoms with Crippen LogP contribution < -0.4 is 0 Å². The molecule has 0 radical (unpaired) electrons. The van der Waals surface area contributed by atoms with E-state index in [2.05, 4.69) is 4.98 Å². The molecule has 0 N–H and O–H groups in total. The fourth-order valence-corrected chi connectivity index (χ4v) is 4.25. The Balaban J connectivity index is 1.93. The molecular weight excluding hydrogens is 328 g/mol. The smallest absolute Gasteiger partial charge is 0.201 e. The molecule has 0 atom stereocenters. The van der Waals surface area contributed by atoms with Crippen LogP contribution in [-0.4, -0.2) is 14.6 Å². The molecule has 6 heteroatoms. The van der Waals surface area contributed by atoms with E-state index in [1.54, 1.807) is 30.2 Å². The molecule has 3 aromatic rings. The first kappa shape index (κ1) is 15.2. The summed E-state index contributed by atoms with van der Waals surface area (Å²) in [5.41, 5.74) is 1.33. The number of fused-ring (bicyclic) bond motifs is 1. The van der Waals surface area contributed by atoms with Crippen molar-refractivity contribution < 1.29 is 8.78 Å². The Bertz CT molecular complexity index is 970. The van der Waals surface area contributed by atoms with Crippen molar-refractivity contribution in [2.45, 2.75) is 29.4 Å². The Hall–Kier alpha value is -2.39. The minimum atomic E-state index is -0.733. The third kappa shape index (κ3) is 2.36. The summed E-state index contributed by atoms with van der Waals surface area (Å²) in [6.45, 7) is 0. The van der Waals surface area contributed by atoms with Crippen molar-refractivity contribution in [3.05, 3.63) is 54.0 Å². The monoisotopic (exact) mass is 341 g/mol. The van der Waals surface area contributed by atoms with Crippen molar-refractivity contribution in [3.8, 4) is 17.3 Å². The van der Waals surface area contributed by atoms with Crippen LogP contribution in [0.4, 0.5) is 8.78 Å². The van der Waals surface area contributed by atoms with Crippen LogP contribution in [0.3, 0.4) is 0 Å². The van der Waals surface area contributed by atoms with E-state index in [-0.39, 0.29) is 11.1 Å². The molecule has 1 aliphatic rings. The number of nitrogens with zero attached hydrogens (tertiary/aromatic N) is 3. The third-order valence-corrected chi connectivity index (χ3v) is 5.75. The van der Waals surface area contributed by atoms with Gasteiger partial charge in [-0.15, -0.1) is 11.8 Å². The molecule has 0 amide bonds. The lowest BCUT2D eigenvalue weighted by molar-refractivity contribution is 0.522. The van der Waals surface area contributed by atoms with E-state index < -0.39 is 11.8 Å². The molecule has 1 saturated carbocycles. The zero-order chi connectivity index (χ0) is 16.7. The van der Waals surface area contributed by atoms with Gasteiger partial charge in [-0.3, -0.25) is 9.38 Å². The van der Waals surface area contributed by atoms with Crippen LogP contribution in [0.25, 0.3) is 16.8 Å². The van der Waals surface area contributed by atoms with Gasteiger partial charge in [-0.2, -0.15) is 9.65 Å². The Morgan fingerprint density at radius 1 is 1.25 bits per heavy atom. The molecule has 3 nitrogen and oxygen atoms in total. The SMILES string of the molecule is N#Cc1ccc(-c2cnccc2SC2CCC2)n2c(F)cc(F)c12. The fourth-order valence-electron chi connectivity index (χ4n) is 2.90. The van der Waals surface area contributed by atoms with E-state index in [4.69, 9.17) is 0 Å². The van der Waals surface area contributed by atoms with Gasteiger partial charge in [-0.05, 0) is 31.0 Å². The zero-order valence-electron chi connectivity index (χ0n) is 12.7. The van der Waals surface area contributed by atoms with E-state index in [0.29, 0.717) is 10.9 Å². The van der Waals surface area contributed by atoms with Crippen LogP contribution in [0.1, 0.15) is 24.8 Å². The van der Waals surface area contributed by atoms with Gasteiger partial charge < -0.3 is 0 Å². The average Bonchev–Trinajstić information content (AvgIpc) is 2.86. The largest absolute Gasteiger partial charge is 0.282 e. The quantitative estimate of drug-likeness (QED) is 0.687. The van der Waals surface area contributed by atoms with Gasteiger partial charge >= 0.3 is 0 Å². The van der Waals surface area contributed by atoms with Gasteiger partial charge in [0.25, 0.3) is 0 Å². The average molecular weight is 341 g/mol. The van der Waals surface area contributed by atoms with Crippen LogP contribution in [0, 0.1) is 23.1 Å². The maximum atomic E-state index is 14.3. The van der Waals surface area contributed by atoms with Gasteiger partial charge in [-0.25, -0.2) is 4.39 Å². The van der Waals surface area contributed by atoms with Crippen molar-refractivity contribution in [2.75, 3.05) is 0 Å². The lowest BCUT2D eigenvalue weighted by Gasteiger charge is -2.25. The molecule has 3 aromatic heterocycles. The highest BCUT2D eigenvalue weighted by Crippen LogP contribution is 2.41. The number of hydrogen-bond acceptors (Lipinski definition) is 3. The highest BCUT2D eigenvalue weighted by atomic mass is 32.2. The number of thioether (sulfide) groups is 1. The highest BCUT2D eigenvalue weighted by Gasteiger charge is 2.22. The molecule has 0 saturated heterocycles. The second kappa shape index (κ2) is 5.91. The first-order valence-corrected chi connectivity index (χ1v) is 8.57. The second-order valence-electron chi connectivity index (χ2n) is 5.79. The normalized spacial score (nSPS) is 14.5. The summed E-state index contributed by atoms with van der Waals surface area (Å²) in [5, 5.41) is 9.74. The summed E-state index contributed by atoms with van der Waals surface area (Å²) in [6.07, 6.45) is 6.94. The van der Waals surface area contributed by atoms with Gasteiger partial charge in [0.2, 0.25) is 5.95 Å². The van der Waals surface area contributed by atoms with E-state index in [0.717, 1.165) is 20.9 Å². The second-order valence-corrected chi connectivity index (χ2v) is 7.13. The number of aromatic nitrogens is 2. The molecule has 0 unspecified atom stereocenters. The third-order valence-electron chi connectivity index (χ3n) is 4.34. The molecule has 0 spiro atoms. The summed E-state index contributed by atoms with van der Waals surface area (Å²) < 4.78 is 29.6. The Morgan fingerprint density at radius 2 is 2.08 bits per heavy atom. The molecular formula is C18H13F2N3S. The van der Waals surface area contributed by atoms with Gasteiger partial charge in [0.05, 0.1) is 11.3 Å². The van der Waals surface area contributed by atoms with Crippen LogP contribution >= 0.6 is 11.8 Å². The lowest BCUT2D eigenvalue weighted by Crippen LogP contribution is -2.13. The topological polar surface area (TPSA) is 41.1 Å². The van der Waals surface area contributed by atoms with Gasteiger partial charge in [0.1, 0.15) is 11.6 Å². The number of halogens is 2. The van der Waals surface area contributed by atoms with Crippen LogP contribution in [0.2, 0.25) is 0 Å². The first-order valence-electron chi connectivity index (χ1n) is 7.69. The number of hydrogen-bond donors (Lipinski definition) is 0. The van der Waals surface area contributed by atoms with Crippen LogP contribution in [-0.2, 0) is 0 Å². The van der Waals surface area contributed by atoms with Crippen LogP contribution in [0.5, 0.6) is 0 Å². The summed E-state index contributed by atoms with van der Waals surface area (Å²) >= 11 is 1.75. The Morgan fingerprint density at radius 3 is 2.79 bits per heavy atom. The molecule has 3 heterocycles. The molecule has 0 bridgehead atoms. The highest BCUT2D eigenvalue weighted by molar-refractivity contribution is 8.00. The molecule has 4 rings (SSSR count). The maximum absolute atomic E-state index is 14.3. The number of rotatable bonds is 3. The minimum absolute atomic E-state index is 0.0315. The van der Waals surface area contributed by atoms with Crippen molar-refractivity contribution in [2.24, 2.45) is 0 Å². The first-order chi connectivity index (χ1) is 11.7. The van der Waals surface area contributed by atoms with Crippen molar-refractivity contribution in [1.82, 2.24) is 9.38 Å². The summed E-state index contributed by atoms with van der Waals surface area (Å²) in [4.78, 5) is 5.15. The zero-order valence-corrected chi connectivity index (χ0v) is 13.5. The fraction of sp³-hybridized carbons (Fsp3) is 0.222. The summed E-state index contributed by atoms with van der Waals surface area (Å²) in [6, 6.07) is 7.81. The maximum Gasteiger partial charge on any atom is 0.201 e. The van der Waals surface area contributed by atoms with Crippen molar-refractivity contribution in [3.63, 3.8) is 0 Å². The Kier molecular flexibility index (Phi) is 3.73. The standard InChI is InChI=1S/C18H13F2N3S/c19-14-8-17(20)23-15(5-4-11(9-21)18(14)23)13-10-22-7-6-16(13)24-12-2-1-3-12/h4-8,10,12H,1-3H2. The van der Waals surface area contributed by atoms with Crippen molar-refractivity contribution >= 4 is 17.3 Å². The molecule has 1 fully saturated rings. The van der Waals surface area contributed by atoms with Gasteiger partial charge in [0.15, 0.2) is 5.82 Å². The molecule has 0 aromatic carbocycles. The van der Waals surface area contributed by atoms with E-state index in [1.165, 1.54) is 25.3 Å². The molecule has 0 aliphatic heterocycles. The Labute approximate surface area is 141 Å². The van der Waals surface area contributed by atoms with E-state index >= 15 is 0 Å². The molecule has 1 aliphatic carbocycles. The number of pyridine rings is 2. The van der Waals surface area contributed by atoms with Gasteiger partial charge in [0, 0.05) is 34.2 Å². The predicted molar refractivity (Wildman–Crippen MR) is 88.8 cm³/mol. The van der Waals surface area contributed by atoms with Crippen molar-refractivity contribution in [1.29, 1.82) is 5.26 Å². The van der Waals surface area contributed by atoms with E-state index in [1.807, 2.05) is 12.1 Å². The summed E-state index contributed by atoms with van der Waals surface area (Å²) in [5.74, 6) is -1.46. The molecule has 120 valence electrons. The minimum Gasteiger partial charge on any atom is -0.282 e.